The van der Waals surface area contributed by atoms with E-state index in [1.165, 1.54) is 0 Å². The number of nitrogens with one attached hydrogen (secondary N) is 1. The summed E-state index contributed by atoms with van der Waals surface area (Å²) in [5.41, 5.74) is 4.24. The van der Waals surface area contributed by atoms with Crippen molar-refractivity contribution in [3.8, 4) is 0 Å². The van der Waals surface area contributed by atoms with Crippen molar-refractivity contribution in [1.82, 2.24) is 5.43 Å². The summed E-state index contributed by atoms with van der Waals surface area (Å²) in [6.07, 6.45) is 1.80. The quantitative estimate of drug-likeness (QED) is 0.695. The van der Waals surface area contributed by atoms with Crippen molar-refractivity contribution in [2.45, 2.75) is 6.42 Å². The van der Waals surface area contributed by atoms with Crippen LogP contribution in [0, 0.1) is 5.92 Å². The predicted octanol–water partition coefficient (Wildman–Crippen LogP) is 2.19. The molecule has 0 aromatic heterocycles. The SMILES string of the molecule is O=C(N/N=C\c1ccccc1)[C@@H]1CC(=O)N(c2ccccc2)C1. The number of nitrogens with zero attached hydrogens (tertiary/aromatic N) is 2. The first-order valence-corrected chi connectivity index (χ1v) is 7.47. The fourth-order valence-electron chi connectivity index (χ4n) is 2.54. The second-order valence-corrected chi connectivity index (χ2v) is 5.39. The Bertz CT molecular complexity index is 714. The molecule has 1 atom stereocenters. The van der Waals surface area contributed by atoms with Gasteiger partial charge in [0.05, 0.1) is 12.1 Å². The lowest BCUT2D eigenvalue weighted by molar-refractivity contribution is -0.126. The molecule has 0 unspecified atom stereocenters. The lowest BCUT2D eigenvalue weighted by Crippen LogP contribution is -2.30. The average Bonchev–Trinajstić information content (AvgIpc) is 2.98. The van der Waals surface area contributed by atoms with E-state index < -0.39 is 0 Å². The summed E-state index contributed by atoms with van der Waals surface area (Å²) in [6.45, 7) is 0.384. The zero-order chi connectivity index (χ0) is 16.1. The molecule has 23 heavy (non-hydrogen) atoms. The van der Waals surface area contributed by atoms with Gasteiger partial charge in [-0.1, -0.05) is 48.5 Å². The molecule has 0 spiro atoms. The van der Waals surface area contributed by atoms with Crippen molar-refractivity contribution in [2.75, 3.05) is 11.4 Å². The maximum absolute atomic E-state index is 12.2. The van der Waals surface area contributed by atoms with Crippen LogP contribution in [0.25, 0.3) is 0 Å². The van der Waals surface area contributed by atoms with E-state index in [1.807, 2.05) is 60.7 Å². The van der Waals surface area contributed by atoms with Gasteiger partial charge in [-0.3, -0.25) is 9.59 Å². The average molecular weight is 307 g/mol. The molecule has 116 valence electrons. The third-order valence-electron chi connectivity index (χ3n) is 3.75. The number of hydrazone groups is 1. The molecular weight excluding hydrogens is 290 g/mol. The van der Waals surface area contributed by atoms with Gasteiger partial charge in [-0.2, -0.15) is 5.10 Å². The zero-order valence-corrected chi connectivity index (χ0v) is 12.6. The fraction of sp³-hybridized carbons (Fsp3) is 0.167. The van der Waals surface area contributed by atoms with Gasteiger partial charge in [-0.25, -0.2) is 5.43 Å². The first-order valence-electron chi connectivity index (χ1n) is 7.47. The number of anilines is 1. The molecule has 0 aliphatic carbocycles. The van der Waals surface area contributed by atoms with Gasteiger partial charge in [0.1, 0.15) is 0 Å². The van der Waals surface area contributed by atoms with E-state index in [0.717, 1.165) is 11.3 Å². The van der Waals surface area contributed by atoms with Crippen molar-refractivity contribution >= 4 is 23.7 Å². The summed E-state index contributed by atoms with van der Waals surface area (Å²) in [5.74, 6) is -0.650. The Labute approximate surface area is 134 Å². The van der Waals surface area contributed by atoms with Gasteiger partial charge in [-0.05, 0) is 17.7 Å². The summed E-state index contributed by atoms with van der Waals surface area (Å²) >= 11 is 0. The Morgan fingerprint density at radius 2 is 1.74 bits per heavy atom. The van der Waals surface area contributed by atoms with Crippen molar-refractivity contribution in [3.05, 3.63) is 66.2 Å². The van der Waals surface area contributed by atoms with Crippen LogP contribution < -0.4 is 10.3 Å². The number of carbonyl (C=O) groups excluding carboxylic acids is 2. The Morgan fingerprint density at radius 1 is 1.09 bits per heavy atom. The second kappa shape index (κ2) is 6.87. The highest BCUT2D eigenvalue weighted by molar-refractivity contribution is 6.00. The summed E-state index contributed by atoms with van der Waals surface area (Å²) in [7, 11) is 0. The molecule has 1 fully saturated rings. The van der Waals surface area contributed by atoms with E-state index in [2.05, 4.69) is 10.5 Å². The molecule has 2 aromatic rings. The molecule has 0 radical (unpaired) electrons. The number of benzene rings is 2. The number of rotatable bonds is 4. The normalized spacial score (nSPS) is 17.7. The van der Waals surface area contributed by atoms with Crippen LogP contribution in [0.3, 0.4) is 0 Å². The van der Waals surface area contributed by atoms with E-state index in [0.29, 0.717) is 6.54 Å². The molecule has 1 aliphatic rings. The Balaban J connectivity index is 1.59. The summed E-state index contributed by atoms with van der Waals surface area (Å²) in [5, 5.41) is 3.95. The van der Waals surface area contributed by atoms with Crippen molar-refractivity contribution < 1.29 is 9.59 Å². The highest BCUT2D eigenvalue weighted by Gasteiger charge is 2.34. The molecule has 1 aliphatic heterocycles. The lowest BCUT2D eigenvalue weighted by Gasteiger charge is -2.16. The van der Waals surface area contributed by atoms with Gasteiger partial charge >= 0.3 is 0 Å². The van der Waals surface area contributed by atoms with Crippen LogP contribution in [0.1, 0.15) is 12.0 Å². The van der Waals surface area contributed by atoms with Crippen LogP contribution in [0.4, 0.5) is 5.69 Å². The van der Waals surface area contributed by atoms with Gasteiger partial charge in [0, 0.05) is 18.7 Å². The van der Waals surface area contributed by atoms with Crippen LogP contribution >= 0.6 is 0 Å². The number of carbonyl (C=O) groups is 2. The van der Waals surface area contributed by atoms with Gasteiger partial charge in [0.2, 0.25) is 11.8 Å². The molecule has 0 bridgehead atoms. The summed E-state index contributed by atoms with van der Waals surface area (Å²) in [6, 6.07) is 18.9. The van der Waals surface area contributed by atoms with Gasteiger partial charge in [0.15, 0.2) is 0 Å². The molecule has 1 heterocycles. The van der Waals surface area contributed by atoms with Gasteiger partial charge in [0.25, 0.3) is 0 Å². The molecule has 3 rings (SSSR count). The van der Waals surface area contributed by atoms with Crippen LogP contribution in [-0.4, -0.2) is 24.6 Å². The van der Waals surface area contributed by atoms with Crippen molar-refractivity contribution in [1.29, 1.82) is 0 Å². The Morgan fingerprint density at radius 3 is 2.43 bits per heavy atom. The third kappa shape index (κ3) is 3.63. The van der Waals surface area contributed by atoms with Crippen LogP contribution in [0.2, 0.25) is 0 Å². The van der Waals surface area contributed by atoms with E-state index in [-0.39, 0.29) is 24.2 Å². The minimum atomic E-state index is -0.379. The predicted molar refractivity (Wildman–Crippen MR) is 89.1 cm³/mol. The molecule has 2 amide bonds. The van der Waals surface area contributed by atoms with Crippen molar-refractivity contribution in [2.24, 2.45) is 11.0 Å². The summed E-state index contributed by atoms with van der Waals surface area (Å²) in [4.78, 5) is 25.9. The molecule has 5 heteroatoms. The molecule has 2 aromatic carbocycles. The number of para-hydroxylation sites is 1. The first-order chi connectivity index (χ1) is 11.2. The van der Waals surface area contributed by atoms with E-state index in [9.17, 15) is 9.59 Å². The minimum absolute atomic E-state index is 0.0385. The molecular formula is C18H17N3O2. The second-order valence-electron chi connectivity index (χ2n) is 5.39. The molecule has 1 N–H and O–H groups in total. The topological polar surface area (TPSA) is 61.8 Å². The van der Waals surface area contributed by atoms with Crippen LogP contribution in [0.5, 0.6) is 0 Å². The maximum atomic E-state index is 12.2. The number of hydrogen-bond acceptors (Lipinski definition) is 3. The molecule has 5 nitrogen and oxygen atoms in total. The first kappa shape index (κ1) is 15.0. The molecule has 0 saturated carbocycles. The monoisotopic (exact) mass is 307 g/mol. The Hall–Kier alpha value is -2.95. The van der Waals surface area contributed by atoms with Crippen molar-refractivity contribution in [3.63, 3.8) is 0 Å². The lowest BCUT2D eigenvalue weighted by atomic mass is 10.1. The maximum Gasteiger partial charge on any atom is 0.245 e. The standard InChI is InChI=1S/C18H17N3O2/c22-17-11-15(13-21(17)16-9-5-2-6-10-16)18(23)20-19-12-14-7-3-1-4-8-14/h1-10,12,15H,11,13H2,(H,20,23)/b19-12-/t15-/m1/s1. The van der Waals surface area contributed by atoms with Crippen LogP contribution in [0.15, 0.2) is 65.8 Å². The van der Waals surface area contributed by atoms with E-state index in [4.69, 9.17) is 0 Å². The smallest absolute Gasteiger partial charge is 0.245 e. The Kier molecular flexibility index (Phi) is 4.47. The highest BCUT2D eigenvalue weighted by Crippen LogP contribution is 2.24. The van der Waals surface area contributed by atoms with Gasteiger partial charge < -0.3 is 4.90 Å². The highest BCUT2D eigenvalue weighted by atomic mass is 16.2. The minimum Gasteiger partial charge on any atom is -0.312 e. The molecule has 1 saturated heterocycles. The third-order valence-corrected chi connectivity index (χ3v) is 3.75. The largest absolute Gasteiger partial charge is 0.312 e. The van der Waals surface area contributed by atoms with Crippen LogP contribution in [-0.2, 0) is 9.59 Å². The zero-order valence-electron chi connectivity index (χ0n) is 12.6. The summed E-state index contributed by atoms with van der Waals surface area (Å²) < 4.78 is 0. The fourth-order valence-corrected chi connectivity index (χ4v) is 2.54. The van der Waals surface area contributed by atoms with Gasteiger partial charge in [-0.15, -0.1) is 0 Å². The van der Waals surface area contributed by atoms with E-state index >= 15 is 0 Å². The van der Waals surface area contributed by atoms with E-state index in [1.54, 1.807) is 11.1 Å². The number of amides is 2. The number of hydrogen-bond donors (Lipinski definition) is 1.